The molecular weight excluding hydrogens is 290 g/mol. The summed E-state index contributed by atoms with van der Waals surface area (Å²) in [6, 6.07) is 8.97. The van der Waals surface area contributed by atoms with Crippen LogP contribution in [0.4, 0.5) is 0 Å². The lowest BCUT2D eigenvalue weighted by Gasteiger charge is -2.33. The molecule has 21 heavy (non-hydrogen) atoms. The highest BCUT2D eigenvalue weighted by atomic mass is 35.5. The summed E-state index contributed by atoms with van der Waals surface area (Å²) in [5.74, 6) is -0.0611. The lowest BCUT2D eigenvalue weighted by atomic mass is 10.1. The third-order valence-corrected chi connectivity index (χ3v) is 3.89. The zero-order valence-corrected chi connectivity index (χ0v) is 12.5. The van der Waals surface area contributed by atoms with Gasteiger partial charge in [-0.25, -0.2) is 0 Å². The monoisotopic (exact) mass is 307 g/mol. The van der Waals surface area contributed by atoms with E-state index in [0.29, 0.717) is 43.3 Å². The number of carbonyl (C=O) groups excluding carboxylic acids is 1. The maximum atomic E-state index is 12.2. The highest BCUT2D eigenvalue weighted by Crippen LogP contribution is 2.20. The van der Waals surface area contributed by atoms with Gasteiger partial charge in [-0.3, -0.25) is 9.69 Å². The molecule has 1 fully saturated rings. The molecule has 1 aliphatic heterocycles. The van der Waals surface area contributed by atoms with E-state index in [9.17, 15) is 9.90 Å². The minimum Gasteiger partial charge on any atom is -0.388 e. The zero-order chi connectivity index (χ0) is 15.2. The average molecular weight is 308 g/mol. The van der Waals surface area contributed by atoms with Gasteiger partial charge in [0.15, 0.2) is 0 Å². The standard InChI is InChI=1S/C15H18ClN3O2/c16-13-3-1-12(2-4-13)14(20)11-15(21)19-9-7-18(6-5-17)8-10-19/h1-4,14,20H,6-11H2. The van der Waals surface area contributed by atoms with Crippen LogP contribution in [0.1, 0.15) is 18.1 Å². The molecule has 1 atom stereocenters. The molecule has 0 bridgehead atoms. The maximum absolute atomic E-state index is 12.2. The molecule has 1 heterocycles. The summed E-state index contributed by atoms with van der Waals surface area (Å²) in [7, 11) is 0. The number of carbonyl (C=O) groups is 1. The van der Waals surface area contributed by atoms with E-state index in [0.717, 1.165) is 0 Å². The number of nitriles is 1. The normalized spacial score (nSPS) is 17.3. The first-order valence-electron chi connectivity index (χ1n) is 6.91. The predicted molar refractivity (Wildman–Crippen MR) is 79.7 cm³/mol. The number of aliphatic hydroxyl groups excluding tert-OH is 1. The number of halogens is 1. The Balaban J connectivity index is 1.84. The van der Waals surface area contributed by atoms with Gasteiger partial charge in [-0.2, -0.15) is 5.26 Å². The Hall–Kier alpha value is -1.61. The first-order chi connectivity index (χ1) is 10.1. The van der Waals surface area contributed by atoms with Crippen molar-refractivity contribution in [2.24, 2.45) is 0 Å². The Morgan fingerprint density at radius 1 is 1.29 bits per heavy atom. The number of benzene rings is 1. The van der Waals surface area contributed by atoms with E-state index < -0.39 is 6.10 Å². The van der Waals surface area contributed by atoms with Crippen LogP contribution in [0, 0.1) is 11.3 Å². The third kappa shape index (κ3) is 4.43. The summed E-state index contributed by atoms with van der Waals surface area (Å²) < 4.78 is 0. The third-order valence-electron chi connectivity index (χ3n) is 3.64. The highest BCUT2D eigenvalue weighted by Gasteiger charge is 2.23. The van der Waals surface area contributed by atoms with Gasteiger partial charge in [0.1, 0.15) is 0 Å². The minimum absolute atomic E-state index is 0.0611. The fourth-order valence-electron chi connectivity index (χ4n) is 2.35. The molecule has 1 amide bonds. The first kappa shape index (κ1) is 15.8. The topological polar surface area (TPSA) is 67.6 Å². The van der Waals surface area contributed by atoms with Gasteiger partial charge in [-0.1, -0.05) is 23.7 Å². The van der Waals surface area contributed by atoms with Crippen LogP contribution in [0.2, 0.25) is 5.02 Å². The lowest BCUT2D eigenvalue weighted by molar-refractivity contribution is -0.135. The number of hydrogen-bond acceptors (Lipinski definition) is 4. The zero-order valence-electron chi connectivity index (χ0n) is 11.7. The molecule has 1 unspecified atom stereocenters. The lowest BCUT2D eigenvalue weighted by Crippen LogP contribution is -2.48. The van der Waals surface area contributed by atoms with Gasteiger partial charge in [0.2, 0.25) is 5.91 Å². The molecule has 0 saturated carbocycles. The molecule has 6 heteroatoms. The second-order valence-electron chi connectivity index (χ2n) is 5.09. The molecular formula is C15H18ClN3O2. The van der Waals surface area contributed by atoms with Crippen molar-refractivity contribution in [3.63, 3.8) is 0 Å². The Kier molecular flexibility index (Phi) is 5.57. The largest absolute Gasteiger partial charge is 0.388 e. The molecule has 1 saturated heterocycles. The van der Waals surface area contributed by atoms with Crippen molar-refractivity contribution < 1.29 is 9.90 Å². The summed E-state index contributed by atoms with van der Waals surface area (Å²) in [4.78, 5) is 15.9. The van der Waals surface area contributed by atoms with Crippen molar-refractivity contribution >= 4 is 17.5 Å². The maximum Gasteiger partial charge on any atom is 0.225 e. The molecule has 1 N–H and O–H groups in total. The Labute approximate surface area is 129 Å². The quantitative estimate of drug-likeness (QED) is 0.855. The van der Waals surface area contributed by atoms with Crippen LogP contribution in [0.25, 0.3) is 0 Å². The number of hydrogen-bond donors (Lipinski definition) is 1. The second kappa shape index (κ2) is 7.41. The van der Waals surface area contributed by atoms with E-state index in [1.54, 1.807) is 29.2 Å². The van der Waals surface area contributed by atoms with Crippen molar-refractivity contribution in [2.75, 3.05) is 32.7 Å². The van der Waals surface area contributed by atoms with E-state index in [-0.39, 0.29) is 12.3 Å². The van der Waals surface area contributed by atoms with Crippen molar-refractivity contribution in [3.05, 3.63) is 34.9 Å². The fourth-order valence-corrected chi connectivity index (χ4v) is 2.48. The van der Waals surface area contributed by atoms with Crippen LogP contribution >= 0.6 is 11.6 Å². The van der Waals surface area contributed by atoms with E-state index in [1.807, 2.05) is 4.90 Å². The molecule has 2 rings (SSSR count). The van der Waals surface area contributed by atoms with E-state index >= 15 is 0 Å². The second-order valence-corrected chi connectivity index (χ2v) is 5.52. The highest BCUT2D eigenvalue weighted by molar-refractivity contribution is 6.30. The van der Waals surface area contributed by atoms with E-state index in [2.05, 4.69) is 6.07 Å². The number of piperazine rings is 1. The number of nitrogens with zero attached hydrogens (tertiary/aromatic N) is 3. The Bertz CT molecular complexity index is 519. The summed E-state index contributed by atoms with van der Waals surface area (Å²) in [5.41, 5.74) is 0.691. The summed E-state index contributed by atoms with van der Waals surface area (Å²) in [5, 5.41) is 19.4. The Morgan fingerprint density at radius 3 is 2.48 bits per heavy atom. The predicted octanol–water partition coefficient (Wildman–Crippen LogP) is 1.43. The van der Waals surface area contributed by atoms with Crippen molar-refractivity contribution in [3.8, 4) is 6.07 Å². The van der Waals surface area contributed by atoms with Gasteiger partial charge in [-0.15, -0.1) is 0 Å². The Morgan fingerprint density at radius 2 is 1.90 bits per heavy atom. The minimum atomic E-state index is -0.813. The van der Waals surface area contributed by atoms with E-state index in [4.69, 9.17) is 16.9 Å². The van der Waals surface area contributed by atoms with Gasteiger partial charge in [0.05, 0.1) is 25.1 Å². The van der Waals surface area contributed by atoms with Crippen LogP contribution in [0.5, 0.6) is 0 Å². The molecule has 0 radical (unpaired) electrons. The van der Waals surface area contributed by atoms with Gasteiger partial charge >= 0.3 is 0 Å². The van der Waals surface area contributed by atoms with Crippen LogP contribution in [0.15, 0.2) is 24.3 Å². The fraction of sp³-hybridized carbons (Fsp3) is 0.467. The molecule has 1 aromatic rings. The van der Waals surface area contributed by atoms with Crippen molar-refractivity contribution in [1.29, 1.82) is 5.26 Å². The number of rotatable bonds is 4. The molecule has 0 spiro atoms. The molecule has 0 aliphatic carbocycles. The van der Waals surface area contributed by atoms with Crippen LogP contribution in [-0.2, 0) is 4.79 Å². The molecule has 5 nitrogen and oxygen atoms in total. The summed E-state index contributed by atoms with van der Waals surface area (Å²) >= 11 is 5.80. The summed E-state index contributed by atoms with van der Waals surface area (Å²) in [6.07, 6.45) is -0.744. The molecule has 112 valence electrons. The van der Waals surface area contributed by atoms with Gasteiger partial charge in [0, 0.05) is 31.2 Å². The number of amides is 1. The smallest absolute Gasteiger partial charge is 0.225 e. The molecule has 1 aliphatic rings. The first-order valence-corrected chi connectivity index (χ1v) is 7.28. The van der Waals surface area contributed by atoms with Gasteiger partial charge in [0.25, 0.3) is 0 Å². The summed E-state index contributed by atoms with van der Waals surface area (Å²) in [6.45, 7) is 3.02. The van der Waals surface area contributed by atoms with Crippen molar-refractivity contribution in [1.82, 2.24) is 9.80 Å². The molecule has 1 aromatic carbocycles. The average Bonchev–Trinajstić information content (AvgIpc) is 2.49. The SMILES string of the molecule is N#CCN1CCN(C(=O)CC(O)c2ccc(Cl)cc2)CC1. The molecule has 0 aromatic heterocycles. The van der Waals surface area contributed by atoms with E-state index in [1.165, 1.54) is 0 Å². The van der Waals surface area contributed by atoms with Gasteiger partial charge in [-0.05, 0) is 17.7 Å². The van der Waals surface area contributed by atoms with Crippen molar-refractivity contribution in [2.45, 2.75) is 12.5 Å². The van der Waals surface area contributed by atoms with Gasteiger partial charge < -0.3 is 10.0 Å². The van der Waals surface area contributed by atoms with Crippen LogP contribution in [-0.4, -0.2) is 53.5 Å². The van der Waals surface area contributed by atoms with Crippen LogP contribution in [0.3, 0.4) is 0 Å². The number of aliphatic hydroxyl groups is 1. The van der Waals surface area contributed by atoms with Crippen LogP contribution < -0.4 is 0 Å².